The summed E-state index contributed by atoms with van der Waals surface area (Å²) in [5.41, 5.74) is 0. The second kappa shape index (κ2) is 2.22. The maximum Gasteiger partial charge on any atom is 0.285 e. The maximum atomic E-state index is 12.5. The maximum absolute atomic E-state index is 12.5. The first-order chi connectivity index (χ1) is 4.67. The summed E-state index contributed by atoms with van der Waals surface area (Å²) in [6.07, 6.45) is 4.63. The molecule has 1 atom stereocenters. The van der Waals surface area contributed by atoms with Gasteiger partial charge in [-0.2, -0.15) is 5.26 Å². The van der Waals surface area contributed by atoms with Crippen LogP contribution in [-0.2, 0) is 0 Å². The van der Waals surface area contributed by atoms with Crippen LogP contribution in [0.1, 0.15) is 0 Å². The van der Waals surface area contributed by atoms with Crippen LogP contribution in [0.3, 0.4) is 0 Å². The molecule has 0 aliphatic heterocycles. The Balaban J connectivity index is 2.87. The summed E-state index contributed by atoms with van der Waals surface area (Å²) in [6.45, 7) is 0. The molecule has 0 spiro atoms. The normalized spacial score (nSPS) is 27.9. The van der Waals surface area contributed by atoms with Crippen LogP contribution in [0.2, 0.25) is 0 Å². The van der Waals surface area contributed by atoms with Crippen LogP contribution in [-0.4, -0.2) is 5.92 Å². The van der Waals surface area contributed by atoms with Crippen molar-refractivity contribution < 1.29 is 8.78 Å². The molecule has 0 aromatic heterocycles. The van der Waals surface area contributed by atoms with Crippen molar-refractivity contribution in [1.29, 1.82) is 5.26 Å². The van der Waals surface area contributed by atoms with Gasteiger partial charge in [0.2, 0.25) is 0 Å². The van der Waals surface area contributed by atoms with Gasteiger partial charge < -0.3 is 0 Å². The lowest BCUT2D eigenvalue weighted by molar-refractivity contribution is 0.0296. The van der Waals surface area contributed by atoms with Gasteiger partial charge in [0.05, 0.1) is 6.07 Å². The molecule has 1 aliphatic carbocycles. The SMILES string of the molecule is N#CC1C=CC=CC1(F)F. The molecule has 0 aromatic rings. The quantitative estimate of drug-likeness (QED) is 0.505. The minimum Gasteiger partial charge on any atom is -0.200 e. The molecule has 0 fully saturated rings. The zero-order valence-corrected chi connectivity index (χ0v) is 5.09. The third-order valence-corrected chi connectivity index (χ3v) is 1.29. The highest BCUT2D eigenvalue weighted by molar-refractivity contribution is 5.23. The van der Waals surface area contributed by atoms with E-state index < -0.39 is 11.8 Å². The highest BCUT2D eigenvalue weighted by Gasteiger charge is 2.36. The average Bonchev–Trinajstić information content (AvgIpc) is 1.87. The molecule has 1 rings (SSSR count). The topological polar surface area (TPSA) is 23.8 Å². The van der Waals surface area contributed by atoms with Crippen LogP contribution in [0.5, 0.6) is 0 Å². The van der Waals surface area contributed by atoms with Gasteiger partial charge in [0.15, 0.2) is 0 Å². The molecule has 0 bridgehead atoms. The molecule has 0 heterocycles. The predicted molar refractivity (Wildman–Crippen MR) is 32.3 cm³/mol. The number of rotatable bonds is 0. The Morgan fingerprint density at radius 2 is 2.10 bits per heavy atom. The van der Waals surface area contributed by atoms with E-state index in [1.807, 2.05) is 0 Å². The summed E-state index contributed by atoms with van der Waals surface area (Å²) in [5, 5.41) is 8.21. The van der Waals surface area contributed by atoms with E-state index in [4.69, 9.17) is 5.26 Å². The van der Waals surface area contributed by atoms with E-state index in [9.17, 15) is 8.78 Å². The number of hydrogen-bond donors (Lipinski definition) is 0. The number of nitriles is 1. The summed E-state index contributed by atoms with van der Waals surface area (Å²) in [6, 6.07) is 1.51. The van der Waals surface area contributed by atoms with Gasteiger partial charge >= 0.3 is 0 Å². The molecule has 1 aliphatic rings. The molecule has 0 saturated heterocycles. The molecule has 0 amide bonds. The summed E-state index contributed by atoms with van der Waals surface area (Å²) >= 11 is 0. The first kappa shape index (κ1) is 6.94. The Bertz CT molecular complexity index is 222. The highest BCUT2D eigenvalue weighted by atomic mass is 19.3. The lowest BCUT2D eigenvalue weighted by Crippen LogP contribution is -2.24. The monoisotopic (exact) mass is 141 g/mol. The summed E-state index contributed by atoms with van der Waals surface area (Å²) in [5.74, 6) is -4.28. The fraction of sp³-hybridized carbons (Fsp3) is 0.286. The van der Waals surface area contributed by atoms with Gasteiger partial charge in [-0.05, 0) is 6.08 Å². The molecule has 0 aromatic carbocycles. The summed E-state index contributed by atoms with van der Waals surface area (Å²) < 4.78 is 25.0. The number of alkyl halides is 2. The van der Waals surface area contributed by atoms with Crippen molar-refractivity contribution in [2.24, 2.45) is 5.92 Å². The van der Waals surface area contributed by atoms with E-state index in [0.717, 1.165) is 6.08 Å². The van der Waals surface area contributed by atoms with Crippen LogP contribution in [0.25, 0.3) is 0 Å². The number of halogens is 2. The smallest absolute Gasteiger partial charge is 0.200 e. The fourth-order valence-electron chi connectivity index (χ4n) is 0.720. The van der Waals surface area contributed by atoms with E-state index in [0.29, 0.717) is 0 Å². The van der Waals surface area contributed by atoms with Gasteiger partial charge in [-0.3, -0.25) is 0 Å². The van der Waals surface area contributed by atoms with Gasteiger partial charge in [0, 0.05) is 0 Å². The van der Waals surface area contributed by atoms with Gasteiger partial charge in [-0.25, -0.2) is 8.78 Å². The van der Waals surface area contributed by atoms with Crippen molar-refractivity contribution in [1.82, 2.24) is 0 Å². The molecule has 0 saturated carbocycles. The Morgan fingerprint density at radius 3 is 2.50 bits per heavy atom. The lowest BCUT2D eigenvalue weighted by atomic mass is 9.98. The van der Waals surface area contributed by atoms with Crippen molar-refractivity contribution in [2.75, 3.05) is 0 Å². The second-order valence-corrected chi connectivity index (χ2v) is 2.03. The van der Waals surface area contributed by atoms with Crippen LogP contribution < -0.4 is 0 Å². The van der Waals surface area contributed by atoms with Crippen molar-refractivity contribution in [3.63, 3.8) is 0 Å². The minimum atomic E-state index is -2.98. The Kier molecular flexibility index (Phi) is 1.54. The van der Waals surface area contributed by atoms with Gasteiger partial charge in [0.25, 0.3) is 5.92 Å². The van der Waals surface area contributed by atoms with Gasteiger partial charge in [0.1, 0.15) is 5.92 Å². The number of nitrogens with zero attached hydrogens (tertiary/aromatic N) is 1. The largest absolute Gasteiger partial charge is 0.285 e. The predicted octanol–water partition coefficient (Wildman–Crippen LogP) is 1.89. The molecule has 52 valence electrons. The van der Waals surface area contributed by atoms with Crippen molar-refractivity contribution >= 4 is 0 Å². The lowest BCUT2D eigenvalue weighted by Gasteiger charge is -2.16. The van der Waals surface area contributed by atoms with Crippen molar-refractivity contribution in [2.45, 2.75) is 5.92 Å². The first-order valence-electron chi connectivity index (χ1n) is 2.80. The van der Waals surface area contributed by atoms with Gasteiger partial charge in [-0.1, -0.05) is 18.2 Å². The van der Waals surface area contributed by atoms with Crippen LogP contribution in [0, 0.1) is 17.2 Å². The Morgan fingerprint density at radius 1 is 1.40 bits per heavy atom. The molecule has 1 nitrogen and oxygen atoms in total. The van der Waals surface area contributed by atoms with Crippen LogP contribution in [0.4, 0.5) is 8.78 Å². The molecule has 10 heavy (non-hydrogen) atoms. The molecular formula is C7H5F2N. The fourth-order valence-corrected chi connectivity index (χ4v) is 0.720. The highest BCUT2D eigenvalue weighted by Crippen LogP contribution is 2.29. The van der Waals surface area contributed by atoms with E-state index in [1.165, 1.54) is 24.3 Å². The van der Waals surface area contributed by atoms with Crippen LogP contribution >= 0.6 is 0 Å². The van der Waals surface area contributed by atoms with Gasteiger partial charge in [-0.15, -0.1) is 0 Å². The first-order valence-corrected chi connectivity index (χ1v) is 2.80. The zero-order valence-electron chi connectivity index (χ0n) is 5.09. The summed E-state index contributed by atoms with van der Waals surface area (Å²) in [7, 11) is 0. The molecule has 0 N–H and O–H groups in total. The molecular weight excluding hydrogens is 136 g/mol. The molecule has 3 heteroatoms. The van der Waals surface area contributed by atoms with Crippen molar-refractivity contribution in [3.8, 4) is 6.07 Å². The minimum absolute atomic E-state index is 0.737. The Labute approximate surface area is 57.3 Å². The third-order valence-electron chi connectivity index (χ3n) is 1.29. The third kappa shape index (κ3) is 1.06. The number of allylic oxidation sites excluding steroid dienone is 4. The average molecular weight is 141 g/mol. The van der Waals surface area contributed by atoms with Crippen LogP contribution in [0.15, 0.2) is 24.3 Å². The summed E-state index contributed by atoms with van der Waals surface area (Å²) in [4.78, 5) is 0. The van der Waals surface area contributed by atoms with E-state index in [-0.39, 0.29) is 0 Å². The standard InChI is InChI=1S/C7H5F2N/c8-7(9)4-2-1-3-6(7)5-10/h1-4,6H. The molecule has 1 unspecified atom stereocenters. The second-order valence-electron chi connectivity index (χ2n) is 2.03. The number of hydrogen-bond acceptors (Lipinski definition) is 1. The van der Waals surface area contributed by atoms with E-state index >= 15 is 0 Å². The van der Waals surface area contributed by atoms with E-state index in [2.05, 4.69) is 0 Å². The Hall–Kier alpha value is -1.17. The van der Waals surface area contributed by atoms with E-state index in [1.54, 1.807) is 0 Å². The zero-order chi connectivity index (χ0) is 7.61. The van der Waals surface area contributed by atoms with Crippen molar-refractivity contribution in [3.05, 3.63) is 24.3 Å². The molecule has 0 radical (unpaired) electrons.